The number of halogens is 1. The summed E-state index contributed by atoms with van der Waals surface area (Å²) in [6.45, 7) is 9.97. The minimum absolute atomic E-state index is 0.102. The summed E-state index contributed by atoms with van der Waals surface area (Å²) in [4.78, 5) is 13.8. The van der Waals surface area contributed by atoms with E-state index in [1.165, 1.54) is 0 Å². The third-order valence-electron chi connectivity index (χ3n) is 2.34. The number of rotatable bonds is 1. The zero-order valence-electron chi connectivity index (χ0n) is 10.5. The van der Waals surface area contributed by atoms with Gasteiger partial charge in [-0.1, -0.05) is 22.6 Å². The van der Waals surface area contributed by atoms with Crippen molar-refractivity contribution < 1.29 is 14.3 Å². The van der Waals surface area contributed by atoms with Gasteiger partial charge in [0.25, 0.3) is 0 Å². The molecule has 1 aliphatic heterocycles. The summed E-state index contributed by atoms with van der Waals surface area (Å²) in [6.07, 6.45) is -0.295. The van der Waals surface area contributed by atoms with Crippen molar-refractivity contribution in [3.63, 3.8) is 0 Å². The monoisotopic (exact) mass is 341 g/mol. The van der Waals surface area contributed by atoms with Crippen molar-refractivity contribution in [3.8, 4) is 0 Å². The van der Waals surface area contributed by atoms with E-state index in [-0.39, 0.29) is 12.1 Å². The van der Waals surface area contributed by atoms with Gasteiger partial charge in [0.15, 0.2) is 0 Å². The molecule has 1 rings (SSSR count). The van der Waals surface area contributed by atoms with Crippen LogP contribution in [-0.2, 0) is 9.47 Å². The lowest BCUT2D eigenvalue weighted by Crippen LogP contribution is -2.50. The highest BCUT2D eigenvalue weighted by Gasteiger charge is 2.45. The van der Waals surface area contributed by atoms with Crippen LogP contribution in [0.2, 0.25) is 0 Å². The van der Waals surface area contributed by atoms with E-state index in [1.807, 2.05) is 34.6 Å². The van der Waals surface area contributed by atoms with Gasteiger partial charge in [0.1, 0.15) is 11.3 Å². The number of nitrogens with zero attached hydrogens (tertiary/aromatic N) is 1. The quantitative estimate of drug-likeness (QED) is 0.544. The first-order valence-electron chi connectivity index (χ1n) is 5.39. The van der Waals surface area contributed by atoms with Crippen LogP contribution in [0, 0.1) is 0 Å². The van der Waals surface area contributed by atoms with Crippen LogP contribution in [0.3, 0.4) is 0 Å². The molecule has 5 heteroatoms. The second-order valence-electron chi connectivity index (χ2n) is 5.42. The van der Waals surface area contributed by atoms with Crippen molar-refractivity contribution in [1.82, 2.24) is 4.90 Å². The van der Waals surface area contributed by atoms with Crippen molar-refractivity contribution in [1.29, 1.82) is 0 Å². The number of carbonyl (C=O) groups excluding carboxylic acids is 1. The first-order valence-corrected chi connectivity index (χ1v) is 6.92. The third kappa shape index (κ3) is 3.23. The topological polar surface area (TPSA) is 38.8 Å². The summed E-state index contributed by atoms with van der Waals surface area (Å²) >= 11 is 2.26. The van der Waals surface area contributed by atoms with Gasteiger partial charge < -0.3 is 9.47 Å². The van der Waals surface area contributed by atoms with Gasteiger partial charge in [-0.15, -0.1) is 0 Å². The molecule has 1 saturated heterocycles. The van der Waals surface area contributed by atoms with E-state index in [0.29, 0.717) is 6.61 Å². The third-order valence-corrected chi connectivity index (χ3v) is 3.36. The fourth-order valence-corrected chi connectivity index (χ4v) is 2.33. The average molecular weight is 341 g/mol. The van der Waals surface area contributed by atoms with E-state index in [9.17, 15) is 4.79 Å². The van der Waals surface area contributed by atoms with Crippen molar-refractivity contribution in [2.75, 3.05) is 11.0 Å². The minimum Gasteiger partial charge on any atom is -0.444 e. The molecule has 1 fully saturated rings. The lowest BCUT2D eigenvalue weighted by atomic mass is 10.2. The van der Waals surface area contributed by atoms with Crippen molar-refractivity contribution >= 4 is 28.7 Å². The molecule has 0 aliphatic carbocycles. The average Bonchev–Trinajstić information content (AvgIpc) is 2.37. The lowest BCUT2D eigenvalue weighted by molar-refractivity contribution is -0.0616. The highest BCUT2D eigenvalue weighted by atomic mass is 127. The van der Waals surface area contributed by atoms with Gasteiger partial charge in [0, 0.05) is 4.43 Å². The molecule has 0 unspecified atom stereocenters. The van der Waals surface area contributed by atoms with Gasteiger partial charge in [-0.3, -0.25) is 4.90 Å². The number of hydrogen-bond acceptors (Lipinski definition) is 3. The molecule has 1 amide bonds. The molecule has 0 aromatic rings. The van der Waals surface area contributed by atoms with Crippen LogP contribution in [0.1, 0.15) is 34.6 Å². The number of alkyl halides is 1. The predicted molar refractivity (Wildman–Crippen MR) is 70.8 cm³/mol. The fraction of sp³-hybridized carbons (Fsp3) is 0.909. The van der Waals surface area contributed by atoms with Crippen LogP contribution in [0.25, 0.3) is 0 Å². The number of ether oxygens (including phenoxy) is 2. The first kappa shape index (κ1) is 14.0. The molecular formula is C11H20INO3. The second kappa shape index (κ2) is 4.68. The molecule has 0 radical (unpaired) electrons. The van der Waals surface area contributed by atoms with E-state index in [4.69, 9.17) is 9.47 Å². The Bertz CT molecular complexity index is 273. The molecule has 4 nitrogen and oxygen atoms in total. The van der Waals surface area contributed by atoms with Gasteiger partial charge in [0.2, 0.25) is 0 Å². The molecular weight excluding hydrogens is 321 g/mol. The van der Waals surface area contributed by atoms with E-state index >= 15 is 0 Å². The zero-order chi connectivity index (χ0) is 12.6. The second-order valence-corrected chi connectivity index (χ2v) is 6.30. The van der Waals surface area contributed by atoms with E-state index in [0.717, 1.165) is 4.43 Å². The Balaban J connectivity index is 2.79. The Morgan fingerprint density at radius 1 is 1.56 bits per heavy atom. The molecule has 0 aromatic carbocycles. The number of carbonyl (C=O) groups is 1. The Morgan fingerprint density at radius 2 is 2.12 bits per heavy atom. The molecule has 1 atom stereocenters. The molecule has 94 valence electrons. The van der Waals surface area contributed by atoms with E-state index < -0.39 is 11.3 Å². The molecule has 0 bridgehead atoms. The Hall–Kier alpha value is -0.0400. The summed E-state index contributed by atoms with van der Waals surface area (Å²) < 4.78 is 11.9. The Kier molecular flexibility index (Phi) is 4.10. The van der Waals surface area contributed by atoms with Gasteiger partial charge in [-0.2, -0.15) is 0 Å². The summed E-state index contributed by atoms with van der Waals surface area (Å²) in [5.74, 6) is 0. The summed E-state index contributed by atoms with van der Waals surface area (Å²) in [5.41, 5.74) is -1.04. The maximum atomic E-state index is 12.1. The highest BCUT2D eigenvalue weighted by Crippen LogP contribution is 2.30. The first-order chi connectivity index (χ1) is 7.17. The zero-order valence-corrected chi connectivity index (χ0v) is 12.7. The molecule has 0 spiro atoms. The maximum Gasteiger partial charge on any atom is 0.412 e. The van der Waals surface area contributed by atoms with Crippen molar-refractivity contribution in [2.45, 2.75) is 52.0 Å². The van der Waals surface area contributed by atoms with E-state index in [1.54, 1.807) is 4.90 Å². The Labute approximate surface area is 111 Å². The number of amides is 1. The largest absolute Gasteiger partial charge is 0.444 e. The SMILES string of the molecule is CC(C)(C)OC(=O)N1[C@H](CI)COC1(C)C. The number of hydrogen-bond donors (Lipinski definition) is 0. The predicted octanol–water partition coefficient (Wildman–Crippen LogP) is 2.79. The van der Waals surface area contributed by atoms with Crippen LogP contribution in [0.5, 0.6) is 0 Å². The van der Waals surface area contributed by atoms with Crippen LogP contribution in [0.4, 0.5) is 4.79 Å². The maximum absolute atomic E-state index is 12.1. The molecule has 1 heterocycles. The summed E-state index contributed by atoms with van der Waals surface area (Å²) in [6, 6.07) is 0.102. The van der Waals surface area contributed by atoms with Crippen molar-refractivity contribution in [3.05, 3.63) is 0 Å². The smallest absolute Gasteiger partial charge is 0.412 e. The van der Waals surface area contributed by atoms with Gasteiger partial charge in [-0.25, -0.2) is 4.79 Å². The molecule has 0 aromatic heterocycles. The van der Waals surface area contributed by atoms with Crippen molar-refractivity contribution in [2.24, 2.45) is 0 Å². The van der Waals surface area contributed by atoms with Crippen LogP contribution in [0.15, 0.2) is 0 Å². The summed E-state index contributed by atoms with van der Waals surface area (Å²) in [5, 5.41) is 0. The highest BCUT2D eigenvalue weighted by molar-refractivity contribution is 14.1. The van der Waals surface area contributed by atoms with Crippen LogP contribution in [-0.4, -0.2) is 39.4 Å². The van der Waals surface area contributed by atoms with E-state index in [2.05, 4.69) is 22.6 Å². The van der Waals surface area contributed by atoms with Gasteiger partial charge in [0.05, 0.1) is 12.6 Å². The van der Waals surface area contributed by atoms with Gasteiger partial charge >= 0.3 is 6.09 Å². The standard InChI is InChI=1S/C11H20INO3/c1-10(2,3)16-9(14)13-8(6-12)7-15-11(13,4)5/h8H,6-7H2,1-5H3/t8-/m1/s1. The normalized spacial score (nSPS) is 24.6. The van der Waals surface area contributed by atoms with Crippen LogP contribution >= 0.6 is 22.6 Å². The molecule has 1 aliphatic rings. The Morgan fingerprint density at radius 3 is 2.56 bits per heavy atom. The fourth-order valence-electron chi connectivity index (χ4n) is 1.68. The van der Waals surface area contributed by atoms with Gasteiger partial charge in [-0.05, 0) is 34.6 Å². The van der Waals surface area contributed by atoms with Crippen LogP contribution < -0.4 is 0 Å². The molecule has 0 N–H and O–H groups in total. The molecule has 0 saturated carbocycles. The molecule has 16 heavy (non-hydrogen) atoms. The summed E-state index contributed by atoms with van der Waals surface area (Å²) in [7, 11) is 0. The minimum atomic E-state index is -0.571. The lowest BCUT2D eigenvalue weighted by Gasteiger charge is -2.34.